The molecule has 5 nitrogen and oxygen atoms in total. The average Bonchev–Trinajstić information content (AvgIpc) is 2.47. The fourth-order valence-electron chi connectivity index (χ4n) is 2.39. The molecule has 0 aromatic heterocycles. The Bertz CT molecular complexity index is 410. The predicted octanol–water partition coefficient (Wildman–Crippen LogP) is 1.84. The number of rotatable bonds is 5. The van der Waals surface area contributed by atoms with Gasteiger partial charge >= 0.3 is 6.09 Å². The van der Waals surface area contributed by atoms with Crippen molar-refractivity contribution in [3.05, 3.63) is 35.9 Å². The van der Waals surface area contributed by atoms with Gasteiger partial charge in [-0.1, -0.05) is 30.3 Å². The summed E-state index contributed by atoms with van der Waals surface area (Å²) >= 11 is 0. The smallest absolute Gasteiger partial charge is 0.407 e. The van der Waals surface area contributed by atoms with E-state index < -0.39 is 11.6 Å². The van der Waals surface area contributed by atoms with Crippen molar-refractivity contribution in [2.45, 2.75) is 31.4 Å². The lowest BCUT2D eigenvalue weighted by Crippen LogP contribution is -2.52. The number of carbonyl (C=O) groups is 1. The number of benzene rings is 1. The van der Waals surface area contributed by atoms with Crippen molar-refractivity contribution in [3.63, 3.8) is 0 Å². The lowest BCUT2D eigenvalue weighted by atomic mass is 9.87. The zero-order chi connectivity index (χ0) is 14.3. The summed E-state index contributed by atoms with van der Waals surface area (Å²) in [6.07, 6.45) is 1.49. The molecule has 1 amide bonds. The highest BCUT2D eigenvalue weighted by Crippen LogP contribution is 2.24. The van der Waals surface area contributed by atoms with Crippen LogP contribution < -0.4 is 5.32 Å². The van der Waals surface area contributed by atoms with Gasteiger partial charge < -0.3 is 19.9 Å². The minimum atomic E-state index is -0.441. The third-order valence-electron chi connectivity index (χ3n) is 3.62. The van der Waals surface area contributed by atoms with Gasteiger partial charge in [-0.15, -0.1) is 0 Å². The molecule has 1 saturated heterocycles. The third kappa shape index (κ3) is 4.21. The van der Waals surface area contributed by atoms with Crippen molar-refractivity contribution >= 4 is 6.09 Å². The molecule has 0 spiro atoms. The summed E-state index contributed by atoms with van der Waals surface area (Å²) < 4.78 is 10.5. The van der Waals surface area contributed by atoms with Crippen LogP contribution in [0.4, 0.5) is 4.79 Å². The summed E-state index contributed by atoms with van der Waals surface area (Å²) in [6.45, 7) is 1.48. The molecular weight excluding hydrogens is 258 g/mol. The third-order valence-corrected chi connectivity index (χ3v) is 3.62. The number of aliphatic hydroxyl groups is 1. The van der Waals surface area contributed by atoms with Crippen LogP contribution in [0.3, 0.4) is 0 Å². The second-order valence-electron chi connectivity index (χ2n) is 5.05. The van der Waals surface area contributed by atoms with E-state index in [4.69, 9.17) is 9.47 Å². The van der Waals surface area contributed by atoms with E-state index in [1.807, 2.05) is 30.3 Å². The van der Waals surface area contributed by atoms with Gasteiger partial charge in [-0.3, -0.25) is 0 Å². The van der Waals surface area contributed by atoms with Gasteiger partial charge in [0.05, 0.1) is 0 Å². The van der Waals surface area contributed by atoms with E-state index in [2.05, 4.69) is 5.32 Å². The van der Waals surface area contributed by atoms with Crippen LogP contribution in [0.2, 0.25) is 0 Å². The standard InChI is InChI=1S/C15H21NO4/c17-9-6-15(7-10-19-11-8-15)16-14(18)20-12-13-4-2-1-3-5-13/h1-5,17H,6-12H2,(H,16,18). The van der Waals surface area contributed by atoms with E-state index in [1.54, 1.807) is 0 Å². The Morgan fingerprint density at radius 3 is 2.65 bits per heavy atom. The number of hydrogen-bond acceptors (Lipinski definition) is 4. The molecule has 110 valence electrons. The molecule has 1 aromatic carbocycles. The minimum absolute atomic E-state index is 0.0406. The van der Waals surface area contributed by atoms with Crippen LogP contribution in [0, 0.1) is 0 Å². The molecule has 5 heteroatoms. The first-order valence-electron chi connectivity index (χ1n) is 6.92. The summed E-state index contributed by atoms with van der Waals surface area (Å²) in [4.78, 5) is 11.9. The summed E-state index contributed by atoms with van der Waals surface area (Å²) in [5.41, 5.74) is 0.548. The van der Waals surface area contributed by atoms with E-state index in [9.17, 15) is 9.90 Å². The van der Waals surface area contributed by atoms with Crippen LogP contribution in [0.25, 0.3) is 0 Å². The number of carbonyl (C=O) groups excluding carboxylic acids is 1. The predicted molar refractivity (Wildman–Crippen MR) is 74.2 cm³/mol. The van der Waals surface area contributed by atoms with E-state index in [0.717, 1.165) is 5.56 Å². The molecule has 1 heterocycles. The Morgan fingerprint density at radius 1 is 1.30 bits per heavy atom. The fourth-order valence-corrected chi connectivity index (χ4v) is 2.39. The van der Waals surface area contributed by atoms with Crippen LogP contribution in [0.5, 0.6) is 0 Å². The van der Waals surface area contributed by atoms with Gasteiger partial charge in [0.2, 0.25) is 0 Å². The minimum Gasteiger partial charge on any atom is -0.445 e. The molecule has 1 fully saturated rings. The first-order valence-corrected chi connectivity index (χ1v) is 6.92. The fraction of sp³-hybridized carbons (Fsp3) is 0.533. The number of amides is 1. The average molecular weight is 279 g/mol. The molecule has 1 aliphatic heterocycles. The van der Waals surface area contributed by atoms with Gasteiger partial charge in [0.25, 0.3) is 0 Å². The van der Waals surface area contributed by atoms with Crippen molar-refractivity contribution in [3.8, 4) is 0 Å². The monoisotopic (exact) mass is 279 g/mol. The molecule has 0 unspecified atom stereocenters. The normalized spacial score (nSPS) is 17.4. The summed E-state index contributed by atoms with van der Waals surface area (Å²) in [7, 11) is 0. The molecule has 0 bridgehead atoms. The van der Waals surface area contributed by atoms with Crippen LogP contribution >= 0.6 is 0 Å². The molecule has 0 radical (unpaired) electrons. The lowest BCUT2D eigenvalue weighted by Gasteiger charge is -2.37. The number of ether oxygens (including phenoxy) is 2. The Morgan fingerprint density at radius 2 is 2.00 bits per heavy atom. The quantitative estimate of drug-likeness (QED) is 0.863. The van der Waals surface area contributed by atoms with Crippen molar-refractivity contribution in [2.24, 2.45) is 0 Å². The van der Waals surface area contributed by atoms with Crippen molar-refractivity contribution in [1.82, 2.24) is 5.32 Å². The maximum atomic E-state index is 11.9. The molecule has 0 atom stereocenters. The topological polar surface area (TPSA) is 67.8 Å². The van der Waals surface area contributed by atoms with E-state index >= 15 is 0 Å². The molecule has 1 aromatic rings. The Labute approximate surface area is 118 Å². The zero-order valence-electron chi connectivity index (χ0n) is 11.5. The van der Waals surface area contributed by atoms with Crippen molar-refractivity contribution in [1.29, 1.82) is 0 Å². The molecule has 0 aliphatic carbocycles. The molecule has 0 saturated carbocycles. The van der Waals surface area contributed by atoms with E-state index in [1.165, 1.54) is 0 Å². The number of alkyl carbamates (subject to hydrolysis) is 1. The maximum absolute atomic E-state index is 11.9. The van der Waals surface area contributed by atoms with Gasteiger partial charge in [0.15, 0.2) is 0 Å². The number of nitrogens with one attached hydrogen (secondary N) is 1. The second-order valence-corrected chi connectivity index (χ2v) is 5.05. The van der Waals surface area contributed by atoms with Gasteiger partial charge in [-0.05, 0) is 24.8 Å². The highest BCUT2D eigenvalue weighted by molar-refractivity contribution is 5.68. The van der Waals surface area contributed by atoms with Crippen molar-refractivity contribution < 1.29 is 19.4 Å². The lowest BCUT2D eigenvalue weighted by molar-refractivity contribution is 0.0248. The van der Waals surface area contributed by atoms with Gasteiger partial charge in [0, 0.05) is 25.4 Å². The molecule has 1 aliphatic rings. The second kappa shape index (κ2) is 7.26. The molecule has 20 heavy (non-hydrogen) atoms. The van der Waals surface area contributed by atoms with Crippen molar-refractivity contribution in [2.75, 3.05) is 19.8 Å². The highest BCUT2D eigenvalue weighted by atomic mass is 16.5. The SMILES string of the molecule is O=C(NC1(CCO)CCOCC1)OCc1ccccc1. The van der Waals surface area contributed by atoms with E-state index in [0.29, 0.717) is 32.5 Å². The van der Waals surface area contributed by atoms with Crippen LogP contribution in [0.1, 0.15) is 24.8 Å². The molecule has 2 N–H and O–H groups in total. The Hall–Kier alpha value is -1.59. The first-order chi connectivity index (χ1) is 9.74. The van der Waals surface area contributed by atoms with Gasteiger partial charge in [-0.25, -0.2) is 4.79 Å². The van der Waals surface area contributed by atoms with Gasteiger partial charge in [0.1, 0.15) is 6.61 Å². The van der Waals surface area contributed by atoms with E-state index in [-0.39, 0.29) is 13.2 Å². The summed E-state index contributed by atoms with van der Waals surface area (Å²) in [5.74, 6) is 0. The molecular formula is C15H21NO4. The van der Waals surface area contributed by atoms with Crippen LogP contribution in [-0.2, 0) is 16.1 Å². The Kier molecular flexibility index (Phi) is 5.38. The summed E-state index contributed by atoms with van der Waals surface area (Å²) in [5, 5.41) is 12.1. The van der Waals surface area contributed by atoms with Crippen LogP contribution in [-0.4, -0.2) is 36.6 Å². The number of aliphatic hydroxyl groups excluding tert-OH is 1. The summed E-state index contributed by atoms with van der Waals surface area (Å²) in [6, 6.07) is 9.54. The first kappa shape index (κ1) is 14.8. The maximum Gasteiger partial charge on any atom is 0.407 e. The number of hydrogen-bond donors (Lipinski definition) is 2. The van der Waals surface area contributed by atoms with Crippen LogP contribution in [0.15, 0.2) is 30.3 Å². The highest BCUT2D eigenvalue weighted by Gasteiger charge is 2.34. The zero-order valence-corrected chi connectivity index (χ0v) is 11.5. The Balaban J connectivity index is 1.85. The van der Waals surface area contributed by atoms with Gasteiger partial charge in [-0.2, -0.15) is 0 Å². The largest absolute Gasteiger partial charge is 0.445 e. The molecule has 2 rings (SSSR count).